The Bertz CT molecular complexity index is 649. The lowest BCUT2D eigenvalue weighted by molar-refractivity contribution is 0.0844. The maximum Gasteiger partial charge on any atom is 0.174 e. The molecule has 2 N–H and O–H groups in total. The molecule has 0 saturated heterocycles. The van der Waals surface area contributed by atoms with E-state index in [0.29, 0.717) is 11.3 Å². The Morgan fingerprint density at radius 1 is 1.20 bits per heavy atom. The van der Waals surface area contributed by atoms with Crippen LogP contribution in [-0.2, 0) is 6.61 Å². The zero-order valence-electron chi connectivity index (χ0n) is 10.7. The first-order valence-electron chi connectivity index (χ1n) is 6.40. The van der Waals surface area contributed by atoms with Crippen LogP contribution < -0.4 is 4.74 Å². The number of Topliss-reactive ketones (excluding diaryl/α,β-unsaturated/α-hetero) is 1. The number of hydrogen-bond donors (Lipinski definition) is 2. The number of aliphatic hydroxyl groups is 1. The first-order valence-corrected chi connectivity index (χ1v) is 6.40. The van der Waals surface area contributed by atoms with Crippen molar-refractivity contribution in [3.8, 4) is 11.5 Å². The van der Waals surface area contributed by atoms with E-state index in [1.165, 1.54) is 6.07 Å². The Kier molecular flexibility index (Phi) is 3.16. The summed E-state index contributed by atoms with van der Waals surface area (Å²) in [6, 6.07) is 12.5. The highest BCUT2D eigenvalue weighted by Crippen LogP contribution is 2.39. The average molecular weight is 270 g/mol. The summed E-state index contributed by atoms with van der Waals surface area (Å²) in [5, 5.41) is 19.0. The van der Waals surface area contributed by atoms with Gasteiger partial charge in [-0.1, -0.05) is 30.3 Å². The van der Waals surface area contributed by atoms with Crippen molar-refractivity contribution in [2.24, 2.45) is 0 Å². The van der Waals surface area contributed by atoms with E-state index < -0.39 is 0 Å². The molecule has 4 heteroatoms. The summed E-state index contributed by atoms with van der Waals surface area (Å²) in [5.41, 5.74) is 1.64. The van der Waals surface area contributed by atoms with Crippen molar-refractivity contribution in [2.45, 2.75) is 19.1 Å². The van der Waals surface area contributed by atoms with Crippen LogP contribution in [-0.4, -0.2) is 16.0 Å². The zero-order valence-corrected chi connectivity index (χ0v) is 10.7. The molecule has 0 amide bonds. The lowest BCUT2D eigenvalue weighted by Crippen LogP contribution is -2.20. The summed E-state index contributed by atoms with van der Waals surface area (Å²) in [5.74, 6) is 0.0457. The standard InChI is InChI=1S/C16H14O4/c17-9-10-6-12(18)16-13(19)8-14(20-15(16)7-10)11-4-2-1-3-5-11/h1-7,14,17-18H,8-9H2/t14-/m0/s1. The van der Waals surface area contributed by atoms with E-state index in [1.54, 1.807) is 6.07 Å². The summed E-state index contributed by atoms with van der Waals surface area (Å²) < 4.78 is 5.82. The molecule has 1 heterocycles. The molecule has 1 aliphatic heterocycles. The van der Waals surface area contributed by atoms with Gasteiger partial charge in [-0.15, -0.1) is 0 Å². The fraction of sp³-hybridized carbons (Fsp3) is 0.188. The van der Waals surface area contributed by atoms with Crippen LogP contribution in [0.2, 0.25) is 0 Å². The van der Waals surface area contributed by atoms with Gasteiger partial charge in [-0.2, -0.15) is 0 Å². The highest BCUT2D eigenvalue weighted by molar-refractivity contribution is 6.02. The Hall–Kier alpha value is -2.33. The molecule has 0 unspecified atom stereocenters. The molecular weight excluding hydrogens is 256 g/mol. The number of fused-ring (bicyclic) bond motifs is 1. The van der Waals surface area contributed by atoms with Crippen LogP contribution in [0.1, 0.15) is 34.0 Å². The second-order valence-electron chi connectivity index (χ2n) is 4.79. The van der Waals surface area contributed by atoms with Gasteiger partial charge in [0.1, 0.15) is 23.2 Å². The molecule has 20 heavy (non-hydrogen) atoms. The quantitative estimate of drug-likeness (QED) is 0.880. The molecule has 0 aliphatic carbocycles. The number of aliphatic hydroxyl groups excluding tert-OH is 1. The average Bonchev–Trinajstić information content (AvgIpc) is 2.47. The number of ether oxygens (including phenoxy) is 1. The van der Waals surface area contributed by atoms with Crippen LogP contribution in [0.25, 0.3) is 0 Å². The lowest BCUT2D eigenvalue weighted by atomic mass is 9.94. The molecule has 0 fully saturated rings. The van der Waals surface area contributed by atoms with E-state index in [9.17, 15) is 9.90 Å². The van der Waals surface area contributed by atoms with E-state index in [0.717, 1.165) is 5.56 Å². The highest BCUT2D eigenvalue weighted by Gasteiger charge is 2.30. The predicted molar refractivity (Wildman–Crippen MR) is 72.8 cm³/mol. The van der Waals surface area contributed by atoms with Gasteiger partial charge in [0.25, 0.3) is 0 Å². The predicted octanol–water partition coefficient (Wildman–Crippen LogP) is 2.59. The number of carbonyl (C=O) groups is 1. The van der Waals surface area contributed by atoms with Gasteiger partial charge in [0.15, 0.2) is 5.78 Å². The van der Waals surface area contributed by atoms with Gasteiger partial charge in [0, 0.05) is 0 Å². The molecule has 2 aromatic rings. The Balaban J connectivity index is 2.02. The smallest absolute Gasteiger partial charge is 0.174 e. The molecule has 2 aromatic carbocycles. The minimum absolute atomic E-state index is 0.136. The zero-order chi connectivity index (χ0) is 14.1. The summed E-state index contributed by atoms with van der Waals surface area (Å²) in [4.78, 5) is 12.2. The number of ketones is 1. The molecule has 102 valence electrons. The van der Waals surface area contributed by atoms with E-state index in [1.807, 2.05) is 30.3 Å². The van der Waals surface area contributed by atoms with E-state index in [4.69, 9.17) is 9.84 Å². The third-order valence-corrected chi connectivity index (χ3v) is 3.41. The largest absolute Gasteiger partial charge is 0.507 e. The maximum absolute atomic E-state index is 12.2. The third kappa shape index (κ3) is 2.14. The topological polar surface area (TPSA) is 66.8 Å². The van der Waals surface area contributed by atoms with Gasteiger partial charge in [-0.3, -0.25) is 4.79 Å². The minimum atomic E-state index is -0.357. The molecular formula is C16H14O4. The van der Waals surface area contributed by atoms with Crippen molar-refractivity contribution >= 4 is 5.78 Å². The molecule has 0 aromatic heterocycles. The third-order valence-electron chi connectivity index (χ3n) is 3.41. The number of phenolic OH excluding ortho intramolecular Hbond substituents is 1. The van der Waals surface area contributed by atoms with E-state index in [-0.39, 0.29) is 36.2 Å². The first kappa shape index (κ1) is 12.7. The molecule has 0 saturated carbocycles. The number of benzene rings is 2. The molecule has 3 rings (SSSR count). The minimum Gasteiger partial charge on any atom is -0.507 e. The number of rotatable bonds is 2. The fourth-order valence-electron chi connectivity index (χ4n) is 2.44. The maximum atomic E-state index is 12.2. The molecule has 1 aliphatic rings. The Morgan fingerprint density at radius 2 is 1.95 bits per heavy atom. The van der Waals surface area contributed by atoms with E-state index in [2.05, 4.69) is 0 Å². The van der Waals surface area contributed by atoms with Crippen LogP contribution >= 0.6 is 0 Å². The molecule has 0 bridgehead atoms. The number of phenols is 1. The molecule has 0 spiro atoms. The van der Waals surface area contributed by atoms with Gasteiger partial charge in [0.2, 0.25) is 0 Å². The second-order valence-corrected chi connectivity index (χ2v) is 4.79. The van der Waals surface area contributed by atoms with Crippen molar-refractivity contribution in [2.75, 3.05) is 0 Å². The van der Waals surface area contributed by atoms with Crippen molar-refractivity contribution in [1.29, 1.82) is 0 Å². The van der Waals surface area contributed by atoms with Gasteiger partial charge < -0.3 is 14.9 Å². The number of carbonyl (C=O) groups excluding carboxylic acids is 1. The number of hydrogen-bond acceptors (Lipinski definition) is 4. The van der Waals surface area contributed by atoms with Crippen molar-refractivity contribution < 1.29 is 19.7 Å². The second kappa shape index (κ2) is 4.98. The highest BCUT2D eigenvalue weighted by atomic mass is 16.5. The summed E-state index contributed by atoms with van der Waals surface area (Å²) in [6.45, 7) is -0.214. The molecule has 4 nitrogen and oxygen atoms in total. The van der Waals surface area contributed by atoms with Crippen molar-refractivity contribution in [3.05, 3.63) is 59.2 Å². The van der Waals surface area contributed by atoms with Crippen molar-refractivity contribution in [3.63, 3.8) is 0 Å². The lowest BCUT2D eigenvalue weighted by Gasteiger charge is -2.26. The Labute approximate surface area is 116 Å². The van der Waals surface area contributed by atoms with Gasteiger partial charge in [-0.05, 0) is 23.3 Å². The van der Waals surface area contributed by atoms with Crippen LogP contribution in [0, 0.1) is 0 Å². The normalized spacial score (nSPS) is 17.4. The monoisotopic (exact) mass is 270 g/mol. The summed E-state index contributed by atoms with van der Waals surface area (Å²) in [6.07, 6.45) is -0.159. The summed E-state index contributed by atoms with van der Waals surface area (Å²) >= 11 is 0. The van der Waals surface area contributed by atoms with Gasteiger partial charge >= 0.3 is 0 Å². The summed E-state index contributed by atoms with van der Waals surface area (Å²) in [7, 11) is 0. The van der Waals surface area contributed by atoms with Gasteiger partial charge in [-0.25, -0.2) is 0 Å². The first-order chi connectivity index (χ1) is 9.69. The van der Waals surface area contributed by atoms with Crippen LogP contribution in [0.3, 0.4) is 0 Å². The van der Waals surface area contributed by atoms with Crippen molar-refractivity contribution in [1.82, 2.24) is 0 Å². The van der Waals surface area contributed by atoms with Crippen LogP contribution in [0.15, 0.2) is 42.5 Å². The van der Waals surface area contributed by atoms with Crippen LogP contribution in [0.4, 0.5) is 0 Å². The molecule has 0 radical (unpaired) electrons. The Morgan fingerprint density at radius 3 is 2.65 bits per heavy atom. The fourth-order valence-corrected chi connectivity index (χ4v) is 2.44. The number of aromatic hydroxyl groups is 1. The van der Waals surface area contributed by atoms with E-state index >= 15 is 0 Å². The SMILES string of the molecule is O=C1C[C@@H](c2ccccc2)Oc2cc(CO)cc(O)c21. The van der Waals surface area contributed by atoms with Crippen LogP contribution in [0.5, 0.6) is 11.5 Å². The van der Waals surface area contributed by atoms with Gasteiger partial charge in [0.05, 0.1) is 13.0 Å². The molecule has 1 atom stereocenters.